The fourth-order valence-corrected chi connectivity index (χ4v) is 2.33. The molecule has 1 aromatic rings. The molecule has 1 aliphatic rings. The molecule has 4 N–H and O–H groups in total. The number of benzene rings is 1. The summed E-state index contributed by atoms with van der Waals surface area (Å²) < 4.78 is 13.4. The second-order valence-electron chi connectivity index (χ2n) is 5.22. The molecule has 1 saturated heterocycles. The molecule has 5 heteroatoms. The number of β-amino-alcohol motifs (C(OH)–C–C–N with tert-alkyl or cyclic N) is 1. The second-order valence-corrected chi connectivity index (χ2v) is 5.22. The van der Waals surface area contributed by atoms with Gasteiger partial charge in [0.05, 0.1) is 5.60 Å². The number of nitrogens with two attached hydrogens (primary N) is 1. The molecule has 0 saturated carbocycles. The van der Waals surface area contributed by atoms with Crippen LogP contribution in [-0.4, -0.2) is 34.5 Å². The van der Waals surface area contributed by atoms with E-state index < -0.39 is 5.60 Å². The van der Waals surface area contributed by atoms with Gasteiger partial charge in [-0.2, -0.15) is 0 Å². The van der Waals surface area contributed by atoms with Crippen molar-refractivity contribution in [3.8, 4) is 0 Å². The lowest BCUT2D eigenvalue weighted by Gasteiger charge is -2.19. The number of likely N-dealkylation sites (tertiary alicyclic amines) is 1. The van der Waals surface area contributed by atoms with Gasteiger partial charge in [-0.1, -0.05) is 0 Å². The van der Waals surface area contributed by atoms with Crippen molar-refractivity contribution in [2.75, 3.05) is 13.1 Å². The van der Waals surface area contributed by atoms with E-state index in [-0.39, 0.29) is 11.7 Å². The molecule has 2 rings (SSSR count). The number of hydrogen-bond donors (Lipinski definition) is 3. The molecule has 1 aliphatic heterocycles. The Morgan fingerprint density at radius 1 is 1.56 bits per heavy atom. The van der Waals surface area contributed by atoms with Crippen LogP contribution in [0.25, 0.3) is 0 Å². The van der Waals surface area contributed by atoms with Crippen molar-refractivity contribution >= 4 is 5.84 Å². The molecule has 1 unspecified atom stereocenters. The van der Waals surface area contributed by atoms with Crippen LogP contribution in [-0.2, 0) is 6.54 Å². The van der Waals surface area contributed by atoms with Crippen LogP contribution < -0.4 is 5.73 Å². The van der Waals surface area contributed by atoms with Crippen LogP contribution in [0.5, 0.6) is 0 Å². The summed E-state index contributed by atoms with van der Waals surface area (Å²) in [5, 5.41) is 17.2. The first-order chi connectivity index (χ1) is 8.35. The summed E-state index contributed by atoms with van der Waals surface area (Å²) in [7, 11) is 0. The molecule has 0 radical (unpaired) electrons. The zero-order valence-corrected chi connectivity index (χ0v) is 10.4. The largest absolute Gasteiger partial charge is 0.389 e. The number of nitrogens with one attached hydrogen (secondary N) is 1. The third-order valence-electron chi connectivity index (χ3n) is 3.21. The monoisotopic (exact) mass is 251 g/mol. The molecule has 1 aromatic carbocycles. The molecule has 1 atom stereocenters. The van der Waals surface area contributed by atoms with E-state index in [1.165, 1.54) is 12.1 Å². The van der Waals surface area contributed by atoms with Gasteiger partial charge in [0, 0.05) is 25.2 Å². The molecule has 0 bridgehead atoms. The average molecular weight is 251 g/mol. The quantitative estimate of drug-likeness (QED) is 0.555. The molecule has 0 spiro atoms. The Hall–Kier alpha value is -1.46. The summed E-state index contributed by atoms with van der Waals surface area (Å²) in [6.07, 6.45) is 0.724. The molecule has 98 valence electrons. The highest BCUT2D eigenvalue weighted by atomic mass is 19.1. The van der Waals surface area contributed by atoms with Crippen molar-refractivity contribution < 1.29 is 9.50 Å². The zero-order valence-electron chi connectivity index (χ0n) is 10.4. The van der Waals surface area contributed by atoms with E-state index in [1.54, 1.807) is 13.0 Å². The Morgan fingerprint density at radius 3 is 2.83 bits per heavy atom. The van der Waals surface area contributed by atoms with Crippen LogP contribution in [0.1, 0.15) is 24.5 Å². The summed E-state index contributed by atoms with van der Waals surface area (Å²) in [5.41, 5.74) is 5.88. The molecule has 18 heavy (non-hydrogen) atoms. The summed E-state index contributed by atoms with van der Waals surface area (Å²) in [4.78, 5) is 2.07. The Bertz CT molecular complexity index is 473. The molecule has 0 aromatic heterocycles. The van der Waals surface area contributed by atoms with Gasteiger partial charge in [0.25, 0.3) is 0 Å². The van der Waals surface area contributed by atoms with Gasteiger partial charge >= 0.3 is 0 Å². The molecule has 0 aliphatic carbocycles. The predicted octanol–water partition coefficient (Wildman–Crippen LogP) is 1.07. The van der Waals surface area contributed by atoms with Crippen LogP contribution in [0, 0.1) is 11.2 Å². The van der Waals surface area contributed by atoms with E-state index in [9.17, 15) is 9.50 Å². The molecule has 0 amide bonds. The maximum atomic E-state index is 13.4. The van der Waals surface area contributed by atoms with Crippen LogP contribution in [0.3, 0.4) is 0 Å². The van der Waals surface area contributed by atoms with Gasteiger partial charge in [0.15, 0.2) is 0 Å². The maximum absolute atomic E-state index is 13.4. The van der Waals surface area contributed by atoms with Crippen LogP contribution in [0.2, 0.25) is 0 Å². The number of amidine groups is 1. The van der Waals surface area contributed by atoms with E-state index in [2.05, 4.69) is 4.90 Å². The number of hydrogen-bond acceptors (Lipinski definition) is 3. The summed E-state index contributed by atoms with van der Waals surface area (Å²) in [5.74, 6) is -0.521. The Morgan fingerprint density at radius 2 is 2.28 bits per heavy atom. The summed E-state index contributed by atoms with van der Waals surface area (Å²) >= 11 is 0. The number of nitrogen functional groups attached to an aromatic ring is 1. The van der Waals surface area contributed by atoms with Gasteiger partial charge in [0.1, 0.15) is 11.7 Å². The molecular weight excluding hydrogens is 233 g/mol. The number of halogens is 1. The van der Waals surface area contributed by atoms with Crippen molar-refractivity contribution in [2.24, 2.45) is 5.73 Å². The van der Waals surface area contributed by atoms with Gasteiger partial charge < -0.3 is 10.8 Å². The normalized spacial score (nSPS) is 24.4. The van der Waals surface area contributed by atoms with E-state index in [0.29, 0.717) is 18.7 Å². The molecule has 4 nitrogen and oxygen atoms in total. The Labute approximate surface area is 106 Å². The first kappa shape index (κ1) is 13.0. The minimum atomic E-state index is -0.656. The predicted molar refractivity (Wildman–Crippen MR) is 67.9 cm³/mol. The minimum absolute atomic E-state index is 0.135. The number of rotatable bonds is 3. The van der Waals surface area contributed by atoms with Crippen LogP contribution >= 0.6 is 0 Å². The third-order valence-corrected chi connectivity index (χ3v) is 3.21. The lowest BCUT2D eigenvalue weighted by molar-refractivity contribution is 0.0679. The fraction of sp³-hybridized carbons (Fsp3) is 0.462. The summed E-state index contributed by atoms with van der Waals surface area (Å²) in [6, 6.07) is 4.42. The average Bonchev–Trinajstić information content (AvgIpc) is 2.57. The topological polar surface area (TPSA) is 73.3 Å². The van der Waals surface area contributed by atoms with Gasteiger partial charge in [0.2, 0.25) is 0 Å². The van der Waals surface area contributed by atoms with Gasteiger partial charge in [-0.3, -0.25) is 10.3 Å². The fourth-order valence-electron chi connectivity index (χ4n) is 2.33. The van der Waals surface area contributed by atoms with Crippen molar-refractivity contribution in [3.05, 3.63) is 35.1 Å². The van der Waals surface area contributed by atoms with Crippen molar-refractivity contribution in [2.45, 2.75) is 25.5 Å². The van der Waals surface area contributed by atoms with E-state index >= 15 is 0 Å². The minimum Gasteiger partial charge on any atom is -0.389 e. The third kappa shape index (κ3) is 3.05. The van der Waals surface area contributed by atoms with Crippen molar-refractivity contribution in [3.63, 3.8) is 0 Å². The van der Waals surface area contributed by atoms with Gasteiger partial charge in [-0.25, -0.2) is 4.39 Å². The highest BCUT2D eigenvalue weighted by Gasteiger charge is 2.31. The van der Waals surface area contributed by atoms with Gasteiger partial charge in [-0.05, 0) is 37.1 Å². The van der Waals surface area contributed by atoms with Crippen LogP contribution in [0.15, 0.2) is 18.2 Å². The smallest absolute Gasteiger partial charge is 0.124 e. The van der Waals surface area contributed by atoms with Crippen molar-refractivity contribution in [1.29, 1.82) is 5.41 Å². The van der Waals surface area contributed by atoms with E-state index in [4.69, 9.17) is 11.1 Å². The number of nitrogens with zero attached hydrogens (tertiary/aromatic N) is 1. The highest BCUT2D eigenvalue weighted by molar-refractivity contribution is 5.95. The van der Waals surface area contributed by atoms with Crippen molar-refractivity contribution in [1.82, 2.24) is 4.90 Å². The molecular formula is C13H18FN3O. The lowest BCUT2D eigenvalue weighted by atomic mass is 10.1. The Balaban J connectivity index is 2.12. The maximum Gasteiger partial charge on any atom is 0.124 e. The van der Waals surface area contributed by atoms with Gasteiger partial charge in [-0.15, -0.1) is 0 Å². The lowest BCUT2D eigenvalue weighted by Crippen LogP contribution is -2.29. The zero-order chi connectivity index (χ0) is 13.3. The van der Waals surface area contributed by atoms with Crippen LogP contribution in [0.4, 0.5) is 4.39 Å². The first-order valence-corrected chi connectivity index (χ1v) is 5.94. The Kier molecular flexibility index (Phi) is 3.36. The highest BCUT2D eigenvalue weighted by Crippen LogP contribution is 2.22. The SMILES string of the molecule is CC1(O)CCN(Cc2cc(F)cc(C(=N)N)c2)C1. The van der Waals surface area contributed by atoms with E-state index in [0.717, 1.165) is 18.5 Å². The molecule has 1 heterocycles. The standard InChI is InChI=1S/C13H18FN3O/c1-13(18)2-3-17(8-13)7-9-4-10(12(15)16)6-11(14)5-9/h4-6,18H,2-3,7-8H2,1H3,(H3,15,16). The second kappa shape index (κ2) is 4.66. The van der Waals surface area contributed by atoms with E-state index in [1.807, 2.05) is 0 Å². The summed E-state index contributed by atoms with van der Waals surface area (Å²) in [6.45, 7) is 3.74. The molecule has 1 fully saturated rings. The first-order valence-electron chi connectivity index (χ1n) is 5.94. The number of aliphatic hydroxyl groups is 1.